The molecule has 1 heterocycles. The lowest BCUT2D eigenvalue weighted by atomic mass is 10.1. The van der Waals surface area contributed by atoms with Gasteiger partial charge in [-0.1, -0.05) is 11.6 Å². The second-order valence-corrected chi connectivity index (χ2v) is 4.87. The van der Waals surface area contributed by atoms with Crippen LogP contribution in [0.25, 0.3) is 0 Å². The minimum Gasteiger partial charge on any atom is -0.399 e. The van der Waals surface area contributed by atoms with Gasteiger partial charge < -0.3 is 15.8 Å². The van der Waals surface area contributed by atoms with E-state index in [4.69, 9.17) is 22.1 Å². The monoisotopic (exact) mass is 268 g/mol. The molecule has 1 unspecified atom stereocenters. The van der Waals surface area contributed by atoms with Crippen molar-refractivity contribution in [2.75, 3.05) is 17.7 Å². The maximum Gasteiger partial charge on any atom is 0.224 e. The Labute approximate surface area is 111 Å². The Balaban J connectivity index is 1.82. The van der Waals surface area contributed by atoms with E-state index in [2.05, 4.69) is 5.32 Å². The second-order valence-electron chi connectivity index (χ2n) is 4.46. The number of amides is 1. The number of nitrogens with one attached hydrogen (secondary N) is 1. The van der Waals surface area contributed by atoms with Crippen LogP contribution in [0.5, 0.6) is 0 Å². The molecule has 0 bridgehead atoms. The van der Waals surface area contributed by atoms with Crippen LogP contribution in [-0.2, 0) is 9.53 Å². The lowest BCUT2D eigenvalue weighted by Crippen LogP contribution is -2.15. The highest BCUT2D eigenvalue weighted by molar-refractivity contribution is 6.34. The summed E-state index contributed by atoms with van der Waals surface area (Å²) in [6, 6.07) is 5.04. The number of nitrogen functional groups attached to an aromatic ring is 1. The van der Waals surface area contributed by atoms with Gasteiger partial charge in [-0.15, -0.1) is 0 Å². The molecule has 4 nitrogen and oxygen atoms in total. The molecular formula is C13H17ClN2O2. The van der Waals surface area contributed by atoms with E-state index in [1.54, 1.807) is 18.2 Å². The molecule has 1 fully saturated rings. The number of rotatable bonds is 4. The van der Waals surface area contributed by atoms with Gasteiger partial charge in [0.2, 0.25) is 5.91 Å². The largest absolute Gasteiger partial charge is 0.399 e. The number of nitrogens with two attached hydrogens (primary N) is 1. The maximum atomic E-state index is 11.7. The predicted octanol–water partition coefficient (Wildman–Crippen LogP) is 2.82. The van der Waals surface area contributed by atoms with Gasteiger partial charge in [0.15, 0.2) is 0 Å². The minimum atomic E-state index is -0.0443. The average molecular weight is 269 g/mol. The van der Waals surface area contributed by atoms with Crippen molar-refractivity contribution in [1.29, 1.82) is 0 Å². The molecule has 2 rings (SSSR count). The van der Waals surface area contributed by atoms with Gasteiger partial charge in [0, 0.05) is 18.7 Å². The highest BCUT2D eigenvalue weighted by Gasteiger charge is 2.16. The van der Waals surface area contributed by atoms with Gasteiger partial charge in [-0.05, 0) is 37.5 Å². The standard InChI is InChI=1S/C13H17ClN2O2/c14-11-8-9(15)3-5-12(11)16-13(17)6-4-10-2-1-7-18-10/h3,5,8,10H,1-2,4,6-7,15H2,(H,16,17). The quantitative estimate of drug-likeness (QED) is 0.826. The van der Waals surface area contributed by atoms with Crippen LogP contribution in [0.15, 0.2) is 18.2 Å². The van der Waals surface area contributed by atoms with Gasteiger partial charge in [0.25, 0.3) is 0 Å². The van der Waals surface area contributed by atoms with E-state index in [1.807, 2.05) is 0 Å². The van der Waals surface area contributed by atoms with Gasteiger partial charge in [0.1, 0.15) is 0 Å². The third kappa shape index (κ3) is 3.62. The molecule has 18 heavy (non-hydrogen) atoms. The molecule has 1 aliphatic rings. The zero-order chi connectivity index (χ0) is 13.0. The summed E-state index contributed by atoms with van der Waals surface area (Å²) in [4.78, 5) is 11.7. The van der Waals surface area contributed by atoms with Crippen LogP contribution >= 0.6 is 11.6 Å². The smallest absolute Gasteiger partial charge is 0.224 e. The molecule has 1 aromatic rings. The first-order chi connectivity index (χ1) is 8.65. The third-order valence-corrected chi connectivity index (χ3v) is 3.30. The molecule has 1 aromatic carbocycles. The first-order valence-corrected chi connectivity index (χ1v) is 6.49. The summed E-state index contributed by atoms with van der Waals surface area (Å²) < 4.78 is 5.47. The Morgan fingerprint density at radius 3 is 3.06 bits per heavy atom. The van der Waals surface area contributed by atoms with E-state index < -0.39 is 0 Å². The second kappa shape index (κ2) is 6.07. The van der Waals surface area contributed by atoms with Crippen molar-refractivity contribution in [3.8, 4) is 0 Å². The molecule has 0 aromatic heterocycles. The number of carbonyl (C=O) groups is 1. The van der Waals surface area contributed by atoms with Crippen molar-refractivity contribution in [3.63, 3.8) is 0 Å². The van der Waals surface area contributed by atoms with Crippen molar-refractivity contribution in [2.45, 2.75) is 31.8 Å². The number of hydrogen-bond acceptors (Lipinski definition) is 3. The SMILES string of the molecule is Nc1ccc(NC(=O)CCC2CCCO2)c(Cl)c1. The molecule has 1 atom stereocenters. The predicted molar refractivity (Wildman–Crippen MR) is 72.7 cm³/mol. The molecule has 0 radical (unpaired) electrons. The minimum absolute atomic E-state index is 0.0443. The van der Waals surface area contributed by atoms with E-state index in [0.717, 1.165) is 25.9 Å². The first kappa shape index (κ1) is 13.2. The molecule has 0 aliphatic carbocycles. The van der Waals surface area contributed by atoms with Gasteiger partial charge in [-0.25, -0.2) is 0 Å². The van der Waals surface area contributed by atoms with Crippen LogP contribution in [0, 0.1) is 0 Å². The van der Waals surface area contributed by atoms with Crippen LogP contribution in [-0.4, -0.2) is 18.6 Å². The number of halogens is 1. The maximum absolute atomic E-state index is 11.7. The summed E-state index contributed by atoms with van der Waals surface area (Å²) in [7, 11) is 0. The van der Waals surface area contributed by atoms with Crippen LogP contribution in [0.1, 0.15) is 25.7 Å². The Kier molecular flexibility index (Phi) is 4.44. The van der Waals surface area contributed by atoms with Crippen molar-refractivity contribution >= 4 is 28.9 Å². The number of hydrogen-bond donors (Lipinski definition) is 2. The van der Waals surface area contributed by atoms with Crippen LogP contribution in [0.3, 0.4) is 0 Å². The van der Waals surface area contributed by atoms with Crippen LogP contribution in [0.4, 0.5) is 11.4 Å². The normalized spacial score (nSPS) is 18.8. The number of carbonyl (C=O) groups excluding carboxylic acids is 1. The van der Waals surface area contributed by atoms with Crippen molar-refractivity contribution < 1.29 is 9.53 Å². The van der Waals surface area contributed by atoms with Gasteiger partial charge >= 0.3 is 0 Å². The van der Waals surface area contributed by atoms with Gasteiger partial charge in [-0.2, -0.15) is 0 Å². The molecular weight excluding hydrogens is 252 g/mol. The third-order valence-electron chi connectivity index (χ3n) is 2.98. The molecule has 3 N–H and O–H groups in total. The fraction of sp³-hybridized carbons (Fsp3) is 0.462. The first-order valence-electron chi connectivity index (χ1n) is 6.11. The van der Waals surface area contributed by atoms with Crippen LogP contribution in [0.2, 0.25) is 5.02 Å². The van der Waals surface area contributed by atoms with E-state index >= 15 is 0 Å². The summed E-state index contributed by atoms with van der Waals surface area (Å²) in [6.45, 7) is 0.816. The molecule has 1 saturated heterocycles. The zero-order valence-corrected chi connectivity index (χ0v) is 10.9. The molecule has 1 aliphatic heterocycles. The number of ether oxygens (including phenoxy) is 1. The molecule has 0 spiro atoms. The van der Waals surface area contributed by atoms with E-state index in [0.29, 0.717) is 22.8 Å². The van der Waals surface area contributed by atoms with Crippen molar-refractivity contribution in [1.82, 2.24) is 0 Å². The fourth-order valence-electron chi connectivity index (χ4n) is 2.01. The lowest BCUT2D eigenvalue weighted by molar-refractivity contribution is -0.116. The average Bonchev–Trinajstić information content (AvgIpc) is 2.83. The highest BCUT2D eigenvalue weighted by atomic mass is 35.5. The molecule has 1 amide bonds. The Bertz CT molecular complexity index is 431. The Morgan fingerprint density at radius 2 is 2.39 bits per heavy atom. The van der Waals surface area contributed by atoms with Crippen LogP contribution < -0.4 is 11.1 Å². The lowest BCUT2D eigenvalue weighted by Gasteiger charge is -2.10. The fourth-order valence-corrected chi connectivity index (χ4v) is 2.25. The highest BCUT2D eigenvalue weighted by Crippen LogP contribution is 2.24. The number of benzene rings is 1. The molecule has 5 heteroatoms. The van der Waals surface area contributed by atoms with Crippen molar-refractivity contribution in [3.05, 3.63) is 23.2 Å². The van der Waals surface area contributed by atoms with Crippen molar-refractivity contribution in [2.24, 2.45) is 0 Å². The van der Waals surface area contributed by atoms with E-state index in [-0.39, 0.29) is 12.0 Å². The summed E-state index contributed by atoms with van der Waals surface area (Å²) >= 11 is 5.98. The summed E-state index contributed by atoms with van der Waals surface area (Å²) in [5, 5.41) is 3.24. The Morgan fingerprint density at radius 1 is 1.56 bits per heavy atom. The summed E-state index contributed by atoms with van der Waals surface area (Å²) in [6.07, 6.45) is 3.59. The summed E-state index contributed by atoms with van der Waals surface area (Å²) in [5.74, 6) is -0.0443. The van der Waals surface area contributed by atoms with E-state index in [1.165, 1.54) is 0 Å². The molecule has 98 valence electrons. The van der Waals surface area contributed by atoms with Gasteiger partial charge in [-0.3, -0.25) is 4.79 Å². The Hall–Kier alpha value is -1.26. The molecule has 0 saturated carbocycles. The van der Waals surface area contributed by atoms with E-state index in [9.17, 15) is 4.79 Å². The summed E-state index contributed by atoms with van der Waals surface area (Å²) in [5.41, 5.74) is 6.77. The van der Waals surface area contributed by atoms with Gasteiger partial charge in [0.05, 0.1) is 16.8 Å². The topological polar surface area (TPSA) is 64.3 Å². The number of anilines is 2. The zero-order valence-electron chi connectivity index (χ0n) is 10.1.